The number of carbonyl (C=O) groups is 1. The van der Waals surface area contributed by atoms with Gasteiger partial charge in [0, 0.05) is 12.1 Å². The lowest BCUT2D eigenvalue weighted by Gasteiger charge is -2.05. The Bertz CT molecular complexity index is 381. The molecule has 1 aromatic rings. The molecule has 0 aliphatic heterocycles. The highest BCUT2D eigenvalue weighted by atomic mass is 16.1. The molecule has 1 N–H and O–H groups in total. The lowest BCUT2D eigenvalue weighted by Crippen LogP contribution is -2.25. The fourth-order valence-electron chi connectivity index (χ4n) is 1.38. The first-order valence-electron chi connectivity index (χ1n) is 5.50. The van der Waals surface area contributed by atoms with Gasteiger partial charge in [-0.2, -0.15) is 0 Å². The zero-order valence-electron chi connectivity index (χ0n) is 10.0. The van der Waals surface area contributed by atoms with E-state index >= 15 is 0 Å². The third-order valence-corrected chi connectivity index (χ3v) is 2.31. The van der Waals surface area contributed by atoms with Gasteiger partial charge in [-0.05, 0) is 20.3 Å². The average Bonchev–Trinajstić information content (AvgIpc) is 2.73. The fraction of sp³-hybridized carbons (Fsp3) is 0.545. The molecule has 0 atom stereocenters. The number of nitrogens with zero attached hydrogens (tertiary/aromatic N) is 3. The van der Waals surface area contributed by atoms with Crippen molar-refractivity contribution in [2.45, 2.75) is 40.3 Å². The van der Waals surface area contributed by atoms with Gasteiger partial charge in [0.15, 0.2) is 5.82 Å². The predicted octanol–water partition coefficient (Wildman–Crippen LogP) is 1.27. The molecule has 0 unspecified atom stereocenters. The Morgan fingerprint density at radius 1 is 1.56 bits per heavy atom. The number of hydrogen-bond acceptors (Lipinski definition) is 3. The average molecular weight is 222 g/mol. The van der Waals surface area contributed by atoms with Gasteiger partial charge in [0.25, 0.3) is 0 Å². The van der Waals surface area contributed by atoms with E-state index in [0.717, 1.165) is 24.4 Å². The van der Waals surface area contributed by atoms with Crippen molar-refractivity contribution in [3.05, 3.63) is 23.8 Å². The number of amides is 1. The number of hydrogen-bond donors (Lipinski definition) is 1. The topological polar surface area (TPSA) is 59.8 Å². The van der Waals surface area contributed by atoms with Gasteiger partial charge in [0.05, 0.1) is 6.54 Å². The van der Waals surface area contributed by atoms with Gasteiger partial charge in [-0.3, -0.25) is 4.79 Å². The second-order valence-corrected chi connectivity index (χ2v) is 3.51. The van der Waals surface area contributed by atoms with Gasteiger partial charge in [0.1, 0.15) is 6.33 Å². The summed E-state index contributed by atoms with van der Waals surface area (Å²) in [5.41, 5.74) is 0.741. The molecule has 0 aliphatic rings. The maximum absolute atomic E-state index is 11.6. The standard InChI is InChI=1S/C11H18N4O/c1-4-6-9(3)11(16)12-7-10-14-13-8-15(10)5-2/h6,8H,4-5,7H2,1-3H3,(H,12,16). The zero-order chi connectivity index (χ0) is 12.0. The highest BCUT2D eigenvalue weighted by Crippen LogP contribution is 1.98. The van der Waals surface area contributed by atoms with Crippen LogP contribution < -0.4 is 5.32 Å². The lowest BCUT2D eigenvalue weighted by molar-refractivity contribution is -0.117. The van der Waals surface area contributed by atoms with Crippen molar-refractivity contribution in [1.29, 1.82) is 0 Å². The highest BCUT2D eigenvalue weighted by Gasteiger charge is 2.06. The summed E-state index contributed by atoms with van der Waals surface area (Å²) in [4.78, 5) is 11.6. The molecule has 0 fully saturated rings. The van der Waals surface area contributed by atoms with Gasteiger partial charge in [-0.15, -0.1) is 10.2 Å². The molecule has 1 rings (SSSR count). The molecule has 1 aromatic heterocycles. The largest absolute Gasteiger partial charge is 0.345 e. The maximum atomic E-state index is 11.6. The van der Waals surface area contributed by atoms with Crippen LogP contribution in [0.1, 0.15) is 33.0 Å². The van der Waals surface area contributed by atoms with Crippen LogP contribution in [0.2, 0.25) is 0 Å². The Hall–Kier alpha value is -1.65. The smallest absolute Gasteiger partial charge is 0.246 e. The van der Waals surface area contributed by atoms with Crippen LogP contribution in [0.25, 0.3) is 0 Å². The molecule has 0 saturated heterocycles. The second kappa shape index (κ2) is 6.05. The van der Waals surface area contributed by atoms with E-state index in [2.05, 4.69) is 15.5 Å². The van der Waals surface area contributed by atoms with Crippen LogP contribution in [-0.2, 0) is 17.9 Å². The molecule has 0 saturated carbocycles. The van der Waals surface area contributed by atoms with Crippen LogP contribution in [0.5, 0.6) is 0 Å². The lowest BCUT2D eigenvalue weighted by atomic mass is 10.2. The normalized spacial score (nSPS) is 11.6. The van der Waals surface area contributed by atoms with E-state index in [1.807, 2.05) is 31.4 Å². The summed E-state index contributed by atoms with van der Waals surface area (Å²) < 4.78 is 1.90. The SMILES string of the molecule is CCC=C(C)C(=O)NCc1nncn1CC. The number of carbonyl (C=O) groups excluding carboxylic acids is 1. The molecule has 0 bridgehead atoms. The van der Waals surface area contributed by atoms with Gasteiger partial charge < -0.3 is 9.88 Å². The van der Waals surface area contributed by atoms with Crippen molar-refractivity contribution in [3.8, 4) is 0 Å². The Morgan fingerprint density at radius 3 is 2.94 bits per heavy atom. The molecule has 0 aromatic carbocycles. The summed E-state index contributed by atoms with van der Waals surface area (Å²) in [5, 5.41) is 10.6. The van der Waals surface area contributed by atoms with E-state index in [4.69, 9.17) is 0 Å². The molecular weight excluding hydrogens is 204 g/mol. The maximum Gasteiger partial charge on any atom is 0.246 e. The quantitative estimate of drug-likeness (QED) is 0.763. The van der Waals surface area contributed by atoms with Crippen LogP contribution in [0.3, 0.4) is 0 Å². The third-order valence-electron chi connectivity index (χ3n) is 2.31. The number of aromatic nitrogens is 3. The van der Waals surface area contributed by atoms with Crippen molar-refractivity contribution in [2.24, 2.45) is 0 Å². The first-order valence-corrected chi connectivity index (χ1v) is 5.50. The summed E-state index contributed by atoms with van der Waals surface area (Å²) in [6.45, 7) is 7.05. The molecular formula is C11H18N4O. The minimum atomic E-state index is -0.0486. The van der Waals surface area contributed by atoms with Crippen LogP contribution in [0.15, 0.2) is 18.0 Å². The Morgan fingerprint density at radius 2 is 2.31 bits per heavy atom. The van der Waals surface area contributed by atoms with Gasteiger partial charge >= 0.3 is 0 Å². The van der Waals surface area contributed by atoms with Gasteiger partial charge in [-0.1, -0.05) is 13.0 Å². The fourth-order valence-corrected chi connectivity index (χ4v) is 1.38. The first-order chi connectivity index (χ1) is 7.69. The van der Waals surface area contributed by atoms with E-state index in [0.29, 0.717) is 6.54 Å². The molecule has 5 nitrogen and oxygen atoms in total. The van der Waals surface area contributed by atoms with Crippen molar-refractivity contribution < 1.29 is 4.79 Å². The summed E-state index contributed by atoms with van der Waals surface area (Å²) in [7, 11) is 0. The van der Waals surface area contributed by atoms with Gasteiger partial charge in [-0.25, -0.2) is 0 Å². The number of nitrogens with one attached hydrogen (secondary N) is 1. The van der Waals surface area contributed by atoms with Crippen LogP contribution >= 0.6 is 0 Å². The molecule has 5 heteroatoms. The molecule has 16 heavy (non-hydrogen) atoms. The van der Waals surface area contributed by atoms with Crippen LogP contribution in [0.4, 0.5) is 0 Å². The third kappa shape index (κ3) is 3.18. The zero-order valence-corrected chi connectivity index (χ0v) is 10.0. The Balaban J connectivity index is 2.52. The number of allylic oxidation sites excluding steroid dienone is 1. The van der Waals surface area contributed by atoms with Crippen molar-refractivity contribution >= 4 is 5.91 Å². The molecule has 88 valence electrons. The van der Waals surface area contributed by atoms with Crippen molar-refractivity contribution in [1.82, 2.24) is 20.1 Å². The van der Waals surface area contributed by atoms with E-state index in [9.17, 15) is 4.79 Å². The van der Waals surface area contributed by atoms with Gasteiger partial charge in [0.2, 0.25) is 5.91 Å². The first kappa shape index (κ1) is 12.4. The summed E-state index contributed by atoms with van der Waals surface area (Å²) in [6.07, 6.45) is 4.43. The van der Waals surface area contributed by atoms with E-state index < -0.39 is 0 Å². The molecule has 0 spiro atoms. The van der Waals surface area contributed by atoms with Crippen LogP contribution in [-0.4, -0.2) is 20.7 Å². The molecule has 0 radical (unpaired) electrons. The predicted molar refractivity (Wildman–Crippen MR) is 61.6 cm³/mol. The highest BCUT2D eigenvalue weighted by molar-refractivity contribution is 5.92. The van der Waals surface area contributed by atoms with Crippen LogP contribution in [0, 0.1) is 0 Å². The number of rotatable bonds is 5. The summed E-state index contributed by atoms with van der Waals surface area (Å²) >= 11 is 0. The van der Waals surface area contributed by atoms with Crippen molar-refractivity contribution in [3.63, 3.8) is 0 Å². The Kier molecular flexibility index (Phi) is 4.69. The minimum absolute atomic E-state index is 0.0486. The van der Waals surface area contributed by atoms with E-state index in [1.54, 1.807) is 6.33 Å². The monoisotopic (exact) mass is 222 g/mol. The van der Waals surface area contributed by atoms with E-state index in [-0.39, 0.29) is 5.91 Å². The molecule has 1 amide bonds. The summed E-state index contributed by atoms with van der Waals surface area (Å²) in [5.74, 6) is 0.729. The minimum Gasteiger partial charge on any atom is -0.345 e. The molecule has 0 aliphatic carbocycles. The van der Waals surface area contributed by atoms with E-state index in [1.165, 1.54) is 0 Å². The Labute approximate surface area is 95.6 Å². The van der Waals surface area contributed by atoms with Crippen molar-refractivity contribution in [2.75, 3.05) is 0 Å². The number of aryl methyl sites for hydroxylation is 1. The summed E-state index contributed by atoms with van der Waals surface area (Å²) in [6, 6.07) is 0. The molecule has 1 heterocycles. The second-order valence-electron chi connectivity index (χ2n) is 3.51.